The number of anilines is 4. The number of thioether (sulfide) groups is 2. The van der Waals surface area contributed by atoms with Crippen LogP contribution < -0.4 is 10.2 Å². The number of aromatic nitrogens is 8. The predicted octanol–water partition coefficient (Wildman–Crippen LogP) is 8.70. The highest BCUT2D eigenvalue weighted by Gasteiger charge is 2.14. The van der Waals surface area contributed by atoms with E-state index in [2.05, 4.69) is 101 Å². The molecule has 4 aromatic carbocycles. The van der Waals surface area contributed by atoms with Gasteiger partial charge in [0.25, 0.3) is 0 Å². The normalized spacial score (nSPS) is 11.0. The number of hydrogen-bond acceptors (Lipinski definition) is 10. The van der Waals surface area contributed by atoms with E-state index in [1.54, 1.807) is 12.4 Å². The first-order chi connectivity index (χ1) is 25.1. The molecule has 1 N–H and O–H groups in total. The molecule has 0 atom stereocenters. The average molecular weight is 709 g/mol. The minimum absolute atomic E-state index is 0.747. The standard InChI is InChI=1S/C20H19N5S.C19H17N5S/c1-24(19-11-12-21-20(23-19)26-2)17-9-6-10-18-16(17)13-22-25(18)14-15-7-4-3-5-8-15;1-25-19-20-11-10-18(23-19)22-16-8-5-9-17-15(16)12-21-24(17)13-14-6-3-2-4-7-14/h3-13H,14H2,1-2H3;2-12H,13H2,1H3,(H,20,22,23). The highest BCUT2D eigenvalue weighted by molar-refractivity contribution is 7.98. The summed E-state index contributed by atoms with van der Waals surface area (Å²) in [6.07, 6.45) is 11.3. The van der Waals surface area contributed by atoms with Crippen LogP contribution in [0.5, 0.6) is 0 Å². The highest BCUT2D eigenvalue weighted by atomic mass is 32.2. The van der Waals surface area contributed by atoms with Crippen LogP contribution in [0.25, 0.3) is 21.8 Å². The topological polar surface area (TPSA) is 102 Å². The van der Waals surface area contributed by atoms with Gasteiger partial charge in [-0.3, -0.25) is 9.36 Å². The Morgan fingerprint density at radius 1 is 0.608 bits per heavy atom. The van der Waals surface area contributed by atoms with Crippen LogP contribution in [0, 0.1) is 0 Å². The van der Waals surface area contributed by atoms with Crippen LogP contribution >= 0.6 is 23.5 Å². The quantitative estimate of drug-likeness (QED) is 0.110. The summed E-state index contributed by atoms with van der Waals surface area (Å²) in [5.41, 5.74) is 6.73. The Balaban J connectivity index is 0.000000159. The van der Waals surface area contributed by atoms with Gasteiger partial charge in [-0.2, -0.15) is 10.2 Å². The minimum Gasteiger partial charge on any atom is -0.340 e. The van der Waals surface area contributed by atoms with E-state index >= 15 is 0 Å². The molecule has 0 saturated heterocycles. The molecule has 0 bridgehead atoms. The van der Waals surface area contributed by atoms with Crippen LogP contribution in [0.4, 0.5) is 23.0 Å². The fourth-order valence-electron chi connectivity index (χ4n) is 5.74. The number of nitrogens with zero attached hydrogens (tertiary/aromatic N) is 9. The molecule has 8 aromatic rings. The molecule has 0 spiro atoms. The zero-order chi connectivity index (χ0) is 35.0. The van der Waals surface area contributed by atoms with Crippen molar-refractivity contribution in [3.8, 4) is 0 Å². The lowest BCUT2D eigenvalue weighted by atomic mass is 10.2. The lowest BCUT2D eigenvalue weighted by molar-refractivity contribution is 0.712. The highest BCUT2D eigenvalue weighted by Crippen LogP contribution is 2.31. The average Bonchev–Trinajstić information content (AvgIpc) is 3.80. The number of rotatable bonds is 10. The minimum atomic E-state index is 0.747. The Hall–Kier alpha value is -5.72. The van der Waals surface area contributed by atoms with Crippen molar-refractivity contribution >= 4 is 68.3 Å². The van der Waals surface area contributed by atoms with Crippen molar-refractivity contribution in [2.75, 3.05) is 29.8 Å². The molecule has 12 heteroatoms. The first-order valence-corrected chi connectivity index (χ1v) is 18.8. The van der Waals surface area contributed by atoms with Gasteiger partial charge < -0.3 is 10.2 Å². The van der Waals surface area contributed by atoms with Gasteiger partial charge in [0.15, 0.2) is 10.3 Å². The molecule has 8 rings (SSSR count). The van der Waals surface area contributed by atoms with E-state index in [9.17, 15) is 0 Å². The van der Waals surface area contributed by atoms with Crippen LogP contribution in [0.15, 0.2) is 144 Å². The molecule has 4 aromatic heterocycles. The summed E-state index contributed by atoms with van der Waals surface area (Å²) in [4.78, 5) is 19.6. The molecule has 254 valence electrons. The van der Waals surface area contributed by atoms with Gasteiger partial charge in [-0.05, 0) is 60.0 Å². The van der Waals surface area contributed by atoms with Gasteiger partial charge in [-0.25, -0.2) is 19.9 Å². The van der Waals surface area contributed by atoms with Gasteiger partial charge >= 0.3 is 0 Å². The lowest BCUT2D eigenvalue weighted by Crippen LogP contribution is -2.12. The van der Waals surface area contributed by atoms with Crippen molar-refractivity contribution in [3.05, 3.63) is 145 Å². The summed E-state index contributed by atoms with van der Waals surface area (Å²) in [5.74, 6) is 1.65. The smallest absolute Gasteiger partial charge is 0.189 e. The summed E-state index contributed by atoms with van der Waals surface area (Å²) < 4.78 is 4.05. The maximum Gasteiger partial charge on any atom is 0.189 e. The Morgan fingerprint density at radius 3 is 1.82 bits per heavy atom. The second-order valence-corrected chi connectivity index (χ2v) is 13.1. The van der Waals surface area contributed by atoms with Gasteiger partial charge in [-0.1, -0.05) is 96.3 Å². The molecule has 0 amide bonds. The van der Waals surface area contributed by atoms with Gasteiger partial charge in [0, 0.05) is 30.2 Å². The zero-order valence-corrected chi connectivity index (χ0v) is 30.1. The fourth-order valence-corrected chi connectivity index (χ4v) is 6.45. The van der Waals surface area contributed by atoms with E-state index < -0.39 is 0 Å². The largest absolute Gasteiger partial charge is 0.340 e. The third-order valence-electron chi connectivity index (χ3n) is 8.29. The molecule has 0 fully saturated rings. The van der Waals surface area contributed by atoms with Crippen molar-refractivity contribution in [2.45, 2.75) is 23.4 Å². The molecule has 0 aliphatic heterocycles. The predicted molar refractivity (Wildman–Crippen MR) is 210 cm³/mol. The number of benzene rings is 4. The van der Waals surface area contributed by atoms with Gasteiger partial charge in [-0.15, -0.1) is 0 Å². The van der Waals surface area contributed by atoms with E-state index in [-0.39, 0.29) is 0 Å². The molecule has 0 aliphatic carbocycles. The van der Waals surface area contributed by atoms with Gasteiger partial charge in [0.1, 0.15) is 11.6 Å². The van der Waals surface area contributed by atoms with E-state index in [1.165, 1.54) is 34.7 Å². The monoisotopic (exact) mass is 708 g/mol. The van der Waals surface area contributed by atoms with Crippen LogP contribution in [-0.4, -0.2) is 59.1 Å². The summed E-state index contributed by atoms with van der Waals surface area (Å²) >= 11 is 3.06. The number of hydrogen-bond donors (Lipinski definition) is 1. The molecular weight excluding hydrogens is 673 g/mol. The maximum atomic E-state index is 4.61. The zero-order valence-electron chi connectivity index (χ0n) is 28.5. The van der Waals surface area contributed by atoms with E-state index in [1.807, 2.05) is 89.8 Å². The third-order valence-corrected chi connectivity index (χ3v) is 9.41. The van der Waals surface area contributed by atoms with Gasteiger partial charge in [0.2, 0.25) is 0 Å². The van der Waals surface area contributed by atoms with Crippen LogP contribution in [0.3, 0.4) is 0 Å². The first kappa shape index (κ1) is 33.8. The maximum absolute atomic E-state index is 4.61. The molecule has 0 saturated carbocycles. The Kier molecular flexibility index (Phi) is 10.5. The van der Waals surface area contributed by atoms with E-state index in [4.69, 9.17) is 0 Å². The summed E-state index contributed by atoms with van der Waals surface area (Å²) in [5, 5.41) is 16.3. The molecule has 10 nitrogen and oxygen atoms in total. The van der Waals surface area contributed by atoms with E-state index in [0.717, 1.165) is 68.2 Å². The molecular formula is C39H36N10S2. The number of fused-ring (bicyclic) bond motifs is 2. The van der Waals surface area contributed by atoms with Gasteiger partial charge in [0.05, 0.1) is 47.9 Å². The second-order valence-electron chi connectivity index (χ2n) is 11.5. The Labute approximate surface area is 305 Å². The molecule has 0 unspecified atom stereocenters. The number of nitrogens with one attached hydrogen (secondary N) is 1. The third kappa shape index (κ3) is 7.87. The van der Waals surface area contributed by atoms with Crippen molar-refractivity contribution in [1.29, 1.82) is 0 Å². The fraction of sp³-hybridized carbons (Fsp3) is 0.128. The van der Waals surface area contributed by atoms with Crippen molar-refractivity contribution in [2.24, 2.45) is 0 Å². The summed E-state index contributed by atoms with van der Waals surface area (Å²) in [6, 6.07) is 36.9. The Morgan fingerprint density at radius 2 is 1.18 bits per heavy atom. The lowest BCUT2D eigenvalue weighted by Gasteiger charge is -2.19. The summed E-state index contributed by atoms with van der Waals surface area (Å²) in [6.45, 7) is 1.50. The molecule has 4 heterocycles. The first-order valence-electron chi connectivity index (χ1n) is 16.3. The molecule has 0 aliphatic rings. The van der Waals surface area contributed by atoms with Crippen LogP contribution in [0.2, 0.25) is 0 Å². The van der Waals surface area contributed by atoms with Crippen molar-refractivity contribution in [1.82, 2.24) is 39.5 Å². The van der Waals surface area contributed by atoms with E-state index in [0.29, 0.717) is 0 Å². The van der Waals surface area contributed by atoms with Crippen molar-refractivity contribution < 1.29 is 0 Å². The van der Waals surface area contributed by atoms with Crippen LogP contribution in [-0.2, 0) is 13.1 Å². The summed E-state index contributed by atoms with van der Waals surface area (Å²) in [7, 11) is 2.02. The molecule has 0 radical (unpaired) electrons. The van der Waals surface area contributed by atoms with Crippen molar-refractivity contribution in [3.63, 3.8) is 0 Å². The SMILES string of the molecule is CSc1nccc(N(C)c2cccc3c2cnn3Cc2ccccc2)n1.CSc1nccc(Nc2cccc3c2cnn3Cc2ccccc2)n1. The second kappa shape index (κ2) is 15.9. The van der Waals surface area contributed by atoms with Crippen LogP contribution in [0.1, 0.15) is 11.1 Å². The molecule has 51 heavy (non-hydrogen) atoms. The Bertz CT molecular complexity index is 2360.